The second-order valence-electron chi connectivity index (χ2n) is 5.18. The van der Waals surface area contributed by atoms with Gasteiger partial charge in [-0.3, -0.25) is 0 Å². The first-order chi connectivity index (χ1) is 10.2. The Morgan fingerprint density at radius 3 is 2.57 bits per heavy atom. The number of benzene rings is 2. The summed E-state index contributed by atoms with van der Waals surface area (Å²) < 4.78 is 0. The van der Waals surface area contributed by atoms with Crippen molar-refractivity contribution in [3.63, 3.8) is 0 Å². The van der Waals surface area contributed by atoms with Crippen molar-refractivity contribution in [3.05, 3.63) is 79.0 Å². The molecule has 0 spiro atoms. The van der Waals surface area contributed by atoms with E-state index < -0.39 is 0 Å². The molecular weight excluding hydrogens is 256 g/mol. The maximum Gasteiger partial charge on any atom is 0.0466 e. The minimum atomic E-state index is 0.838. The zero-order valence-electron chi connectivity index (χ0n) is 12.1. The summed E-state index contributed by atoms with van der Waals surface area (Å²) in [5.41, 5.74) is 5.44. The molecule has 0 saturated heterocycles. The number of H-pyrrole nitrogens is 1. The predicted octanol–water partition coefficient (Wildman–Crippen LogP) is 5.30. The van der Waals surface area contributed by atoms with E-state index in [0.717, 1.165) is 22.4 Å². The van der Waals surface area contributed by atoms with Crippen LogP contribution >= 0.6 is 0 Å². The van der Waals surface area contributed by atoms with Crippen molar-refractivity contribution in [1.82, 2.24) is 4.98 Å². The fourth-order valence-corrected chi connectivity index (χ4v) is 2.50. The van der Waals surface area contributed by atoms with Gasteiger partial charge in [0.1, 0.15) is 0 Å². The molecule has 0 aliphatic heterocycles. The van der Waals surface area contributed by atoms with Crippen molar-refractivity contribution in [2.24, 2.45) is 0 Å². The molecule has 0 atom stereocenters. The zero-order chi connectivity index (χ0) is 14.8. The van der Waals surface area contributed by atoms with E-state index in [1.54, 1.807) is 6.08 Å². The van der Waals surface area contributed by atoms with E-state index in [2.05, 4.69) is 66.8 Å². The normalized spacial score (nSPS) is 11.3. The lowest BCUT2D eigenvalue weighted by atomic mass is 10.1. The summed E-state index contributed by atoms with van der Waals surface area (Å²) in [6.07, 6.45) is 5.50. The molecule has 0 fully saturated rings. The molecule has 0 aliphatic carbocycles. The van der Waals surface area contributed by atoms with Crippen LogP contribution in [-0.2, 0) is 0 Å². The number of hydrogen-bond donors (Lipinski definition) is 2. The Bertz CT molecular complexity index is 866. The molecular formula is C19H18N2. The van der Waals surface area contributed by atoms with Crippen LogP contribution in [0.25, 0.3) is 21.8 Å². The van der Waals surface area contributed by atoms with E-state index in [1.165, 1.54) is 16.3 Å². The molecule has 2 N–H and O–H groups in total. The van der Waals surface area contributed by atoms with Crippen molar-refractivity contribution in [2.75, 3.05) is 5.32 Å². The summed E-state index contributed by atoms with van der Waals surface area (Å²) in [7, 11) is 0. The van der Waals surface area contributed by atoms with Crippen molar-refractivity contribution in [2.45, 2.75) is 6.92 Å². The second-order valence-corrected chi connectivity index (χ2v) is 5.18. The number of nitrogens with one attached hydrogen (secondary N) is 2. The average Bonchev–Trinajstić information content (AvgIpc) is 2.82. The van der Waals surface area contributed by atoms with Crippen molar-refractivity contribution < 1.29 is 0 Å². The third-order valence-electron chi connectivity index (χ3n) is 3.49. The van der Waals surface area contributed by atoms with Gasteiger partial charge in [0.25, 0.3) is 0 Å². The summed E-state index contributed by atoms with van der Waals surface area (Å²) in [6.45, 7) is 9.75. The van der Waals surface area contributed by atoms with E-state index in [4.69, 9.17) is 0 Å². The van der Waals surface area contributed by atoms with Crippen LogP contribution in [0, 0.1) is 6.92 Å². The fraction of sp³-hybridized carbons (Fsp3) is 0.0526. The van der Waals surface area contributed by atoms with Gasteiger partial charge in [0, 0.05) is 33.2 Å². The van der Waals surface area contributed by atoms with Gasteiger partial charge < -0.3 is 10.3 Å². The molecule has 0 unspecified atom stereocenters. The Balaban J connectivity index is 2.04. The van der Waals surface area contributed by atoms with E-state index in [0.29, 0.717) is 0 Å². The molecule has 2 heteroatoms. The number of aromatic nitrogens is 1. The van der Waals surface area contributed by atoms with Gasteiger partial charge in [0.15, 0.2) is 0 Å². The lowest BCUT2D eigenvalue weighted by Crippen LogP contribution is -1.94. The molecule has 0 aliphatic rings. The monoisotopic (exact) mass is 274 g/mol. The van der Waals surface area contributed by atoms with Crippen LogP contribution in [-0.4, -0.2) is 4.98 Å². The Hall–Kier alpha value is -2.74. The number of aryl methyl sites for hydroxylation is 1. The van der Waals surface area contributed by atoms with Crippen LogP contribution in [0.5, 0.6) is 0 Å². The maximum atomic E-state index is 3.98. The largest absolute Gasteiger partial charge is 0.356 e. The van der Waals surface area contributed by atoms with Crippen molar-refractivity contribution in [1.29, 1.82) is 0 Å². The Morgan fingerprint density at radius 2 is 1.81 bits per heavy atom. The van der Waals surface area contributed by atoms with Crippen LogP contribution < -0.4 is 5.32 Å². The molecule has 0 saturated carbocycles. The third-order valence-corrected chi connectivity index (χ3v) is 3.49. The minimum Gasteiger partial charge on any atom is -0.356 e. The maximum absolute atomic E-state index is 3.98. The molecule has 0 bridgehead atoms. The molecule has 2 aromatic carbocycles. The molecule has 0 radical (unpaired) electrons. The van der Waals surface area contributed by atoms with E-state index in [1.807, 2.05) is 12.2 Å². The molecule has 3 aromatic rings. The lowest BCUT2D eigenvalue weighted by molar-refractivity contribution is 1.48. The van der Waals surface area contributed by atoms with Gasteiger partial charge in [-0.15, -0.1) is 0 Å². The zero-order valence-corrected chi connectivity index (χ0v) is 12.1. The lowest BCUT2D eigenvalue weighted by Gasteiger charge is -2.06. The van der Waals surface area contributed by atoms with Crippen LogP contribution in [0.15, 0.2) is 73.5 Å². The first-order valence-corrected chi connectivity index (χ1v) is 6.94. The van der Waals surface area contributed by atoms with Crippen LogP contribution in [0.1, 0.15) is 5.56 Å². The molecule has 1 aromatic heterocycles. The summed E-state index contributed by atoms with van der Waals surface area (Å²) >= 11 is 0. The first-order valence-electron chi connectivity index (χ1n) is 6.94. The second kappa shape index (κ2) is 5.33. The molecule has 104 valence electrons. The standard InChI is InChI=1S/C19H18N2/c1-4-5-6-14(3)20-15-8-10-19-17(12-15)16-11-13(2)7-9-18(16)21-19/h4-12,20-21H,1,3H2,2H3/b6-5-. The van der Waals surface area contributed by atoms with Gasteiger partial charge in [-0.1, -0.05) is 36.9 Å². The first kappa shape index (κ1) is 13.3. The molecule has 0 amide bonds. The Morgan fingerprint density at radius 1 is 1.10 bits per heavy atom. The Kier molecular flexibility index (Phi) is 3.36. The average molecular weight is 274 g/mol. The number of hydrogen-bond acceptors (Lipinski definition) is 1. The minimum absolute atomic E-state index is 0.838. The molecule has 21 heavy (non-hydrogen) atoms. The number of aromatic amines is 1. The third kappa shape index (κ3) is 2.61. The number of rotatable bonds is 4. The highest BCUT2D eigenvalue weighted by atomic mass is 14.9. The topological polar surface area (TPSA) is 27.8 Å². The van der Waals surface area contributed by atoms with E-state index in [9.17, 15) is 0 Å². The molecule has 3 rings (SSSR count). The van der Waals surface area contributed by atoms with Gasteiger partial charge >= 0.3 is 0 Å². The highest BCUT2D eigenvalue weighted by Crippen LogP contribution is 2.28. The highest BCUT2D eigenvalue weighted by Gasteiger charge is 2.05. The number of anilines is 1. The van der Waals surface area contributed by atoms with Crippen LogP contribution in [0.2, 0.25) is 0 Å². The number of allylic oxidation sites excluding steroid dienone is 3. The molecule has 1 heterocycles. The molecule has 2 nitrogen and oxygen atoms in total. The highest BCUT2D eigenvalue weighted by molar-refractivity contribution is 6.08. The Labute approximate surface area is 124 Å². The SMILES string of the molecule is C=C/C=C\C(=C)Nc1ccc2[nH]c3ccc(C)cc3c2c1. The van der Waals surface area contributed by atoms with E-state index in [-0.39, 0.29) is 0 Å². The van der Waals surface area contributed by atoms with E-state index >= 15 is 0 Å². The van der Waals surface area contributed by atoms with Gasteiger partial charge in [-0.25, -0.2) is 0 Å². The summed E-state index contributed by atoms with van der Waals surface area (Å²) in [5, 5.41) is 5.77. The predicted molar refractivity (Wildman–Crippen MR) is 92.6 cm³/mol. The number of fused-ring (bicyclic) bond motifs is 3. The van der Waals surface area contributed by atoms with Crippen molar-refractivity contribution >= 4 is 27.5 Å². The van der Waals surface area contributed by atoms with Gasteiger partial charge in [-0.05, 0) is 43.3 Å². The quantitative estimate of drug-likeness (QED) is 0.621. The van der Waals surface area contributed by atoms with Crippen LogP contribution in [0.4, 0.5) is 5.69 Å². The van der Waals surface area contributed by atoms with Gasteiger partial charge in [-0.2, -0.15) is 0 Å². The smallest absolute Gasteiger partial charge is 0.0466 e. The van der Waals surface area contributed by atoms with Gasteiger partial charge in [0.05, 0.1) is 0 Å². The summed E-state index contributed by atoms with van der Waals surface area (Å²) in [6, 6.07) is 12.8. The fourth-order valence-electron chi connectivity index (χ4n) is 2.50. The summed E-state index contributed by atoms with van der Waals surface area (Å²) in [4.78, 5) is 3.44. The van der Waals surface area contributed by atoms with Crippen molar-refractivity contribution in [3.8, 4) is 0 Å². The summed E-state index contributed by atoms with van der Waals surface area (Å²) in [5.74, 6) is 0. The van der Waals surface area contributed by atoms with Gasteiger partial charge in [0.2, 0.25) is 0 Å². The van der Waals surface area contributed by atoms with Crippen LogP contribution in [0.3, 0.4) is 0 Å².